The second kappa shape index (κ2) is 6.25. The summed E-state index contributed by atoms with van der Waals surface area (Å²) >= 11 is 0. The summed E-state index contributed by atoms with van der Waals surface area (Å²) in [6, 6.07) is 9.92. The Bertz CT molecular complexity index is 431. The summed E-state index contributed by atoms with van der Waals surface area (Å²) in [6.45, 7) is 4.75. The third-order valence-electron chi connectivity index (χ3n) is 4.92. The first-order chi connectivity index (χ1) is 9.83. The largest absolute Gasteiger partial charge is 0.375 e. The molecule has 0 bridgehead atoms. The van der Waals surface area contributed by atoms with Crippen LogP contribution in [0.3, 0.4) is 0 Å². The summed E-state index contributed by atoms with van der Waals surface area (Å²) in [5, 5.41) is 0. The number of hydrogen-bond acceptors (Lipinski definition) is 3. The van der Waals surface area contributed by atoms with Crippen LogP contribution in [0.25, 0.3) is 0 Å². The number of nitrogens with zero attached hydrogens (tertiary/aromatic N) is 1. The number of ether oxygens (including phenoxy) is 1. The molecule has 3 atom stereocenters. The Morgan fingerprint density at radius 3 is 2.80 bits per heavy atom. The zero-order valence-corrected chi connectivity index (χ0v) is 12.4. The van der Waals surface area contributed by atoms with E-state index in [4.69, 9.17) is 10.5 Å². The number of morpholine rings is 1. The lowest BCUT2D eigenvalue weighted by atomic mass is 9.99. The van der Waals surface area contributed by atoms with Crippen LogP contribution in [0.15, 0.2) is 24.3 Å². The fraction of sp³-hybridized carbons (Fsp3) is 0.647. The molecule has 0 amide bonds. The molecule has 1 saturated heterocycles. The molecular weight excluding hydrogens is 248 g/mol. The molecular formula is C17H26N2O. The summed E-state index contributed by atoms with van der Waals surface area (Å²) in [5.41, 5.74) is 8.86. The molecule has 1 saturated carbocycles. The van der Waals surface area contributed by atoms with E-state index in [-0.39, 0.29) is 0 Å². The van der Waals surface area contributed by atoms with Gasteiger partial charge in [0.2, 0.25) is 0 Å². The van der Waals surface area contributed by atoms with E-state index in [9.17, 15) is 0 Å². The number of aryl methyl sites for hydroxylation is 1. The van der Waals surface area contributed by atoms with Crippen LogP contribution in [0.2, 0.25) is 0 Å². The maximum Gasteiger partial charge on any atom is 0.0731 e. The molecule has 3 nitrogen and oxygen atoms in total. The van der Waals surface area contributed by atoms with Gasteiger partial charge in [-0.15, -0.1) is 0 Å². The Labute approximate surface area is 122 Å². The van der Waals surface area contributed by atoms with Gasteiger partial charge in [0.1, 0.15) is 0 Å². The van der Waals surface area contributed by atoms with E-state index >= 15 is 0 Å². The van der Waals surface area contributed by atoms with Crippen molar-refractivity contribution in [2.45, 2.75) is 50.8 Å². The number of hydrogen-bond donors (Lipinski definition) is 1. The van der Waals surface area contributed by atoms with Crippen molar-refractivity contribution in [1.29, 1.82) is 0 Å². The topological polar surface area (TPSA) is 38.5 Å². The third kappa shape index (κ3) is 2.62. The SMILES string of the molecule is CCc1ccc(C(CN)N2CCOC3CCCC32)cc1. The van der Waals surface area contributed by atoms with E-state index in [1.165, 1.54) is 30.4 Å². The molecule has 1 aliphatic heterocycles. The van der Waals surface area contributed by atoms with Gasteiger partial charge in [0.25, 0.3) is 0 Å². The number of fused-ring (bicyclic) bond motifs is 1. The fourth-order valence-corrected chi connectivity index (χ4v) is 3.78. The standard InChI is InChI=1S/C17H26N2O/c1-2-13-6-8-14(9-7-13)16(12-18)19-10-11-20-17-5-3-4-15(17)19/h6-9,15-17H,2-5,10-12,18H2,1H3. The van der Waals surface area contributed by atoms with Crippen LogP contribution in [0.4, 0.5) is 0 Å². The molecule has 1 heterocycles. The summed E-state index contributed by atoms with van der Waals surface area (Å²) < 4.78 is 5.92. The first-order valence-electron chi connectivity index (χ1n) is 7.99. The van der Waals surface area contributed by atoms with Crippen LogP contribution in [0.5, 0.6) is 0 Å². The second-order valence-electron chi connectivity index (χ2n) is 5.99. The highest BCUT2D eigenvalue weighted by molar-refractivity contribution is 5.26. The van der Waals surface area contributed by atoms with E-state index in [2.05, 4.69) is 36.1 Å². The highest BCUT2D eigenvalue weighted by Crippen LogP contribution is 2.35. The van der Waals surface area contributed by atoms with Gasteiger partial charge in [-0.2, -0.15) is 0 Å². The van der Waals surface area contributed by atoms with E-state index in [1.54, 1.807) is 0 Å². The number of benzene rings is 1. The van der Waals surface area contributed by atoms with Gasteiger partial charge in [-0.3, -0.25) is 4.90 Å². The van der Waals surface area contributed by atoms with Gasteiger partial charge >= 0.3 is 0 Å². The minimum Gasteiger partial charge on any atom is -0.375 e. The quantitative estimate of drug-likeness (QED) is 0.917. The molecule has 0 radical (unpaired) electrons. The molecule has 0 spiro atoms. The molecule has 3 unspecified atom stereocenters. The Hall–Kier alpha value is -0.900. The fourth-order valence-electron chi connectivity index (χ4n) is 3.78. The predicted octanol–water partition coefficient (Wildman–Crippen LogP) is 2.50. The van der Waals surface area contributed by atoms with Crippen molar-refractivity contribution < 1.29 is 4.74 Å². The Morgan fingerprint density at radius 2 is 2.10 bits per heavy atom. The first-order valence-corrected chi connectivity index (χ1v) is 7.99. The molecule has 1 aliphatic carbocycles. The molecule has 2 aliphatic rings. The first kappa shape index (κ1) is 14.1. The molecule has 2 N–H and O–H groups in total. The predicted molar refractivity (Wildman–Crippen MR) is 81.7 cm³/mol. The normalized spacial score (nSPS) is 28.3. The summed E-state index contributed by atoms with van der Waals surface area (Å²) in [6.07, 6.45) is 5.29. The Morgan fingerprint density at radius 1 is 1.30 bits per heavy atom. The number of rotatable bonds is 4. The van der Waals surface area contributed by atoms with Crippen molar-refractivity contribution in [3.8, 4) is 0 Å². The van der Waals surface area contributed by atoms with Gasteiger partial charge in [0.15, 0.2) is 0 Å². The van der Waals surface area contributed by atoms with Gasteiger partial charge in [-0.05, 0) is 36.8 Å². The van der Waals surface area contributed by atoms with Crippen molar-refractivity contribution >= 4 is 0 Å². The maximum absolute atomic E-state index is 6.11. The number of nitrogens with two attached hydrogens (primary N) is 1. The van der Waals surface area contributed by atoms with Gasteiger partial charge in [-0.25, -0.2) is 0 Å². The zero-order chi connectivity index (χ0) is 13.9. The molecule has 3 heteroatoms. The lowest BCUT2D eigenvalue weighted by Gasteiger charge is -2.42. The molecule has 1 aromatic carbocycles. The van der Waals surface area contributed by atoms with Crippen LogP contribution in [0.1, 0.15) is 43.4 Å². The van der Waals surface area contributed by atoms with Crippen LogP contribution < -0.4 is 5.73 Å². The summed E-state index contributed by atoms with van der Waals surface area (Å²) in [7, 11) is 0. The molecule has 110 valence electrons. The van der Waals surface area contributed by atoms with Crippen LogP contribution in [-0.4, -0.2) is 36.7 Å². The monoisotopic (exact) mass is 274 g/mol. The van der Waals surface area contributed by atoms with E-state index in [0.717, 1.165) is 19.6 Å². The lowest BCUT2D eigenvalue weighted by molar-refractivity contribution is -0.0711. The summed E-state index contributed by atoms with van der Waals surface area (Å²) in [5.74, 6) is 0. The van der Waals surface area contributed by atoms with Gasteiger partial charge in [0, 0.05) is 25.2 Å². The average Bonchev–Trinajstić information content (AvgIpc) is 2.98. The molecule has 2 fully saturated rings. The van der Waals surface area contributed by atoms with Crippen LogP contribution in [0, 0.1) is 0 Å². The Kier molecular flexibility index (Phi) is 4.39. The molecule has 0 aromatic heterocycles. The van der Waals surface area contributed by atoms with Crippen molar-refractivity contribution in [2.24, 2.45) is 5.73 Å². The van der Waals surface area contributed by atoms with Crippen molar-refractivity contribution in [3.05, 3.63) is 35.4 Å². The van der Waals surface area contributed by atoms with E-state index in [1.807, 2.05) is 0 Å². The summed E-state index contributed by atoms with van der Waals surface area (Å²) in [4.78, 5) is 2.60. The lowest BCUT2D eigenvalue weighted by Crippen LogP contribution is -2.51. The van der Waals surface area contributed by atoms with Crippen molar-refractivity contribution in [3.63, 3.8) is 0 Å². The van der Waals surface area contributed by atoms with E-state index in [0.29, 0.717) is 24.7 Å². The molecule has 1 aromatic rings. The van der Waals surface area contributed by atoms with Crippen molar-refractivity contribution in [1.82, 2.24) is 4.90 Å². The minimum absolute atomic E-state index is 0.343. The van der Waals surface area contributed by atoms with Gasteiger partial charge in [0.05, 0.1) is 12.7 Å². The smallest absolute Gasteiger partial charge is 0.0731 e. The highest BCUT2D eigenvalue weighted by atomic mass is 16.5. The second-order valence-corrected chi connectivity index (χ2v) is 5.99. The maximum atomic E-state index is 6.11. The minimum atomic E-state index is 0.343. The van der Waals surface area contributed by atoms with Gasteiger partial charge < -0.3 is 10.5 Å². The zero-order valence-electron chi connectivity index (χ0n) is 12.4. The molecule has 20 heavy (non-hydrogen) atoms. The third-order valence-corrected chi connectivity index (χ3v) is 4.92. The molecule has 3 rings (SSSR count). The highest BCUT2D eigenvalue weighted by Gasteiger charge is 2.39. The average molecular weight is 274 g/mol. The van der Waals surface area contributed by atoms with Crippen LogP contribution >= 0.6 is 0 Å². The van der Waals surface area contributed by atoms with Gasteiger partial charge in [-0.1, -0.05) is 31.2 Å². The Balaban J connectivity index is 1.80. The van der Waals surface area contributed by atoms with Crippen molar-refractivity contribution in [2.75, 3.05) is 19.7 Å². The van der Waals surface area contributed by atoms with E-state index < -0.39 is 0 Å². The van der Waals surface area contributed by atoms with Crippen LogP contribution in [-0.2, 0) is 11.2 Å².